The molecule has 0 saturated carbocycles. The summed E-state index contributed by atoms with van der Waals surface area (Å²) in [6.45, 7) is 7.69. The van der Waals surface area contributed by atoms with Crippen molar-refractivity contribution in [2.75, 3.05) is 0 Å². The number of aromatic nitrogens is 1. The number of rotatable bonds is 2. The molecule has 6 heteroatoms. The van der Waals surface area contributed by atoms with E-state index < -0.39 is 22.7 Å². The van der Waals surface area contributed by atoms with Crippen LogP contribution in [0, 0.1) is 0 Å². The molecule has 0 atom stereocenters. The van der Waals surface area contributed by atoms with Crippen LogP contribution in [0.2, 0.25) is 0 Å². The predicted molar refractivity (Wildman–Crippen MR) is 75.9 cm³/mol. The molecule has 2 rings (SSSR count). The number of nitrogens with zero attached hydrogens (tertiary/aromatic N) is 1. The summed E-state index contributed by atoms with van der Waals surface area (Å²) in [5, 5.41) is 0.749. The van der Waals surface area contributed by atoms with Crippen LogP contribution in [0.4, 0.5) is 13.2 Å². The van der Waals surface area contributed by atoms with E-state index in [0.717, 1.165) is 21.8 Å². The molecule has 0 spiro atoms. The number of benzene rings is 1. The predicted octanol–water partition coefficient (Wildman–Crippen LogP) is 4.33. The van der Waals surface area contributed by atoms with Crippen molar-refractivity contribution in [3.8, 4) is 0 Å². The molecule has 0 fully saturated rings. The normalized spacial score (nSPS) is 14.0. The molecule has 0 unspecified atom stereocenters. The summed E-state index contributed by atoms with van der Waals surface area (Å²) in [6, 6.07) is 3.65. The summed E-state index contributed by atoms with van der Waals surface area (Å²) in [7, 11) is 0. The zero-order chi connectivity index (χ0) is 15.3. The molecule has 110 valence electrons. The maximum atomic E-state index is 12.7. The summed E-state index contributed by atoms with van der Waals surface area (Å²) in [4.78, 5) is 4.36. The highest BCUT2D eigenvalue weighted by Crippen LogP contribution is 2.39. The Labute approximate surface area is 119 Å². The second-order valence-corrected chi connectivity index (χ2v) is 7.08. The van der Waals surface area contributed by atoms with Gasteiger partial charge >= 0.3 is 6.18 Å². The Hall–Kier alpha value is -1.14. The van der Waals surface area contributed by atoms with E-state index in [9.17, 15) is 13.2 Å². The van der Waals surface area contributed by atoms with Gasteiger partial charge < -0.3 is 5.73 Å². The standard InChI is InChI=1S/C14H17F3N2S/c1-12(2,13(3,4)18)11-19-9-7-8(14(15,16)17)5-6-10(9)20-11/h5-7H,18H2,1-4H3. The summed E-state index contributed by atoms with van der Waals surface area (Å²) < 4.78 is 38.8. The number of fused-ring (bicyclic) bond motifs is 1. The van der Waals surface area contributed by atoms with Crippen molar-refractivity contribution in [3.63, 3.8) is 0 Å². The van der Waals surface area contributed by atoms with Gasteiger partial charge in [0.1, 0.15) is 5.01 Å². The van der Waals surface area contributed by atoms with Crippen molar-refractivity contribution in [2.24, 2.45) is 5.73 Å². The van der Waals surface area contributed by atoms with E-state index in [1.807, 2.05) is 27.7 Å². The molecule has 0 saturated heterocycles. The molecule has 0 aliphatic heterocycles. The fraction of sp³-hybridized carbons (Fsp3) is 0.500. The molecule has 0 amide bonds. The fourth-order valence-electron chi connectivity index (χ4n) is 1.65. The molecule has 2 nitrogen and oxygen atoms in total. The minimum atomic E-state index is -4.35. The molecule has 0 aliphatic rings. The highest BCUT2D eigenvalue weighted by atomic mass is 32.1. The van der Waals surface area contributed by atoms with E-state index in [4.69, 9.17) is 5.73 Å². The lowest BCUT2D eigenvalue weighted by atomic mass is 9.76. The number of hydrogen-bond donors (Lipinski definition) is 1. The van der Waals surface area contributed by atoms with E-state index in [2.05, 4.69) is 4.98 Å². The Morgan fingerprint density at radius 2 is 1.70 bits per heavy atom. The van der Waals surface area contributed by atoms with Gasteiger partial charge in [-0.2, -0.15) is 13.2 Å². The minimum Gasteiger partial charge on any atom is -0.325 e. The first-order chi connectivity index (χ1) is 8.93. The van der Waals surface area contributed by atoms with Crippen LogP contribution in [0.15, 0.2) is 18.2 Å². The third kappa shape index (κ3) is 2.54. The average Bonchev–Trinajstić information content (AvgIpc) is 2.68. The molecule has 2 aromatic rings. The van der Waals surface area contributed by atoms with E-state index in [1.54, 1.807) is 0 Å². The molecule has 1 aromatic heterocycles. The molecule has 0 bridgehead atoms. The Morgan fingerprint density at radius 3 is 2.20 bits per heavy atom. The van der Waals surface area contributed by atoms with Crippen LogP contribution < -0.4 is 5.73 Å². The fourth-order valence-corrected chi connectivity index (χ4v) is 2.86. The molecule has 20 heavy (non-hydrogen) atoms. The van der Waals surface area contributed by atoms with Crippen LogP contribution in [0.1, 0.15) is 38.3 Å². The summed E-state index contributed by atoms with van der Waals surface area (Å²) in [6.07, 6.45) is -4.35. The van der Waals surface area contributed by atoms with Gasteiger partial charge in [0, 0.05) is 11.0 Å². The topological polar surface area (TPSA) is 38.9 Å². The largest absolute Gasteiger partial charge is 0.416 e. The molecular formula is C14H17F3N2S. The van der Waals surface area contributed by atoms with Crippen molar-refractivity contribution in [1.29, 1.82) is 0 Å². The zero-order valence-electron chi connectivity index (χ0n) is 11.8. The van der Waals surface area contributed by atoms with Gasteiger partial charge in [-0.25, -0.2) is 4.98 Å². The summed E-state index contributed by atoms with van der Waals surface area (Å²) in [5.74, 6) is 0. The lowest BCUT2D eigenvalue weighted by Crippen LogP contribution is -2.50. The Bertz CT molecular complexity index is 636. The summed E-state index contributed by atoms with van der Waals surface area (Å²) >= 11 is 1.39. The van der Waals surface area contributed by atoms with E-state index in [1.165, 1.54) is 17.4 Å². The molecule has 2 N–H and O–H groups in total. The van der Waals surface area contributed by atoms with E-state index >= 15 is 0 Å². The summed E-state index contributed by atoms with van der Waals surface area (Å²) in [5.41, 5.74) is 4.91. The Kier molecular flexibility index (Phi) is 3.38. The van der Waals surface area contributed by atoms with Gasteiger partial charge in [-0.3, -0.25) is 0 Å². The molecule has 0 aliphatic carbocycles. The maximum absolute atomic E-state index is 12.7. The van der Waals surface area contributed by atoms with Crippen molar-refractivity contribution in [2.45, 2.75) is 44.8 Å². The molecular weight excluding hydrogens is 285 g/mol. The Morgan fingerprint density at radius 1 is 1.10 bits per heavy atom. The third-order valence-corrected chi connectivity index (χ3v) is 5.22. The lowest BCUT2D eigenvalue weighted by molar-refractivity contribution is -0.137. The number of halogens is 3. The van der Waals surface area contributed by atoms with Gasteiger partial charge in [-0.05, 0) is 32.0 Å². The van der Waals surface area contributed by atoms with Gasteiger partial charge in [0.15, 0.2) is 0 Å². The number of thiazole rings is 1. The molecule has 0 radical (unpaired) electrons. The van der Waals surface area contributed by atoms with Crippen LogP contribution in [-0.4, -0.2) is 10.5 Å². The third-order valence-electron chi connectivity index (χ3n) is 3.86. The van der Waals surface area contributed by atoms with Crippen LogP contribution >= 0.6 is 11.3 Å². The second-order valence-electron chi connectivity index (χ2n) is 6.05. The number of nitrogens with two attached hydrogens (primary N) is 1. The lowest BCUT2D eigenvalue weighted by Gasteiger charge is -2.36. The van der Waals surface area contributed by atoms with E-state index in [-0.39, 0.29) is 0 Å². The average molecular weight is 302 g/mol. The second kappa shape index (κ2) is 4.43. The van der Waals surface area contributed by atoms with Gasteiger partial charge in [-0.1, -0.05) is 13.8 Å². The Balaban J connectivity index is 2.55. The quantitative estimate of drug-likeness (QED) is 0.896. The molecule has 1 aromatic carbocycles. The highest BCUT2D eigenvalue weighted by molar-refractivity contribution is 7.18. The highest BCUT2D eigenvalue weighted by Gasteiger charge is 2.38. The van der Waals surface area contributed by atoms with Crippen molar-refractivity contribution < 1.29 is 13.2 Å². The first kappa shape index (κ1) is 15.3. The first-order valence-electron chi connectivity index (χ1n) is 6.20. The van der Waals surface area contributed by atoms with Gasteiger partial charge in [-0.15, -0.1) is 11.3 Å². The van der Waals surface area contributed by atoms with Crippen LogP contribution in [-0.2, 0) is 11.6 Å². The van der Waals surface area contributed by atoms with Gasteiger partial charge in [0.2, 0.25) is 0 Å². The van der Waals surface area contributed by atoms with Crippen molar-refractivity contribution >= 4 is 21.6 Å². The first-order valence-corrected chi connectivity index (χ1v) is 7.02. The monoisotopic (exact) mass is 302 g/mol. The van der Waals surface area contributed by atoms with Crippen molar-refractivity contribution in [1.82, 2.24) is 4.98 Å². The smallest absolute Gasteiger partial charge is 0.325 e. The molecule has 1 heterocycles. The van der Waals surface area contributed by atoms with Crippen LogP contribution in [0.5, 0.6) is 0 Å². The zero-order valence-corrected chi connectivity index (χ0v) is 12.6. The maximum Gasteiger partial charge on any atom is 0.416 e. The van der Waals surface area contributed by atoms with Crippen LogP contribution in [0.25, 0.3) is 10.2 Å². The van der Waals surface area contributed by atoms with Gasteiger partial charge in [0.05, 0.1) is 15.8 Å². The van der Waals surface area contributed by atoms with Crippen molar-refractivity contribution in [3.05, 3.63) is 28.8 Å². The number of alkyl halides is 3. The van der Waals surface area contributed by atoms with Gasteiger partial charge in [0.25, 0.3) is 0 Å². The van der Waals surface area contributed by atoms with Crippen LogP contribution in [0.3, 0.4) is 0 Å². The van der Waals surface area contributed by atoms with E-state index in [0.29, 0.717) is 5.52 Å². The number of hydrogen-bond acceptors (Lipinski definition) is 3. The SMILES string of the molecule is CC(C)(N)C(C)(C)c1nc2cc(C(F)(F)F)ccc2s1. The minimum absolute atomic E-state index is 0.372.